The van der Waals surface area contributed by atoms with Crippen molar-refractivity contribution >= 4 is 23.0 Å². The molecule has 0 saturated heterocycles. The van der Waals surface area contributed by atoms with Gasteiger partial charge in [0.2, 0.25) is 0 Å². The van der Waals surface area contributed by atoms with Crippen LogP contribution in [0.5, 0.6) is 0 Å². The van der Waals surface area contributed by atoms with Crippen LogP contribution in [-0.4, -0.2) is 41.7 Å². The summed E-state index contributed by atoms with van der Waals surface area (Å²) >= 11 is 0. The summed E-state index contributed by atoms with van der Waals surface area (Å²) in [5, 5.41) is 5.23. The Balaban J connectivity index is 1.81. The van der Waals surface area contributed by atoms with Crippen molar-refractivity contribution in [1.29, 1.82) is 0 Å². The predicted molar refractivity (Wildman–Crippen MR) is 73.5 cm³/mol. The molecule has 0 bridgehead atoms. The molecule has 0 radical (unpaired) electrons. The quantitative estimate of drug-likeness (QED) is 0.711. The number of amides is 2. The van der Waals surface area contributed by atoms with Crippen LogP contribution in [0.4, 0.5) is 4.79 Å². The maximum absolute atomic E-state index is 11.9. The number of carbonyl (C=O) groups excluding carboxylic acids is 2. The number of imidazole rings is 1. The Hall–Kier alpha value is -2.57. The van der Waals surface area contributed by atoms with Crippen LogP contribution in [0.15, 0.2) is 24.5 Å². The van der Waals surface area contributed by atoms with Gasteiger partial charge in [0.25, 0.3) is 5.91 Å². The van der Waals surface area contributed by atoms with E-state index in [2.05, 4.69) is 20.6 Å². The Bertz CT molecular complexity index is 608. The van der Waals surface area contributed by atoms with E-state index in [-0.39, 0.29) is 5.91 Å². The van der Waals surface area contributed by atoms with Gasteiger partial charge in [-0.15, -0.1) is 0 Å². The number of aromatic nitrogens is 2. The monoisotopic (exact) mass is 276 g/mol. The summed E-state index contributed by atoms with van der Waals surface area (Å²) in [6, 6.07) is 5.21. The molecule has 7 heteroatoms. The number of hydrogen-bond acceptors (Lipinski definition) is 4. The van der Waals surface area contributed by atoms with Crippen LogP contribution in [0, 0.1) is 0 Å². The zero-order valence-corrected chi connectivity index (χ0v) is 11.1. The molecule has 0 atom stereocenters. The lowest BCUT2D eigenvalue weighted by Gasteiger charge is -2.07. The smallest absolute Gasteiger partial charge is 0.407 e. The molecule has 1 aromatic heterocycles. The van der Waals surface area contributed by atoms with Crippen LogP contribution in [0.2, 0.25) is 0 Å². The average Bonchev–Trinajstić information content (AvgIpc) is 2.91. The van der Waals surface area contributed by atoms with Crippen molar-refractivity contribution in [1.82, 2.24) is 20.6 Å². The van der Waals surface area contributed by atoms with Gasteiger partial charge in [0.15, 0.2) is 0 Å². The summed E-state index contributed by atoms with van der Waals surface area (Å²) in [4.78, 5) is 29.9. The highest BCUT2D eigenvalue weighted by atomic mass is 16.5. The Morgan fingerprint density at radius 1 is 1.30 bits per heavy atom. The molecule has 2 amide bonds. The molecule has 2 aromatic rings. The van der Waals surface area contributed by atoms with Crippen LogP contribution in [-0.2, 0) is 4.74 Å². The molecule has 1 heterocycles. The molecule has 0 spiro atoms. The third-order valence-electron chi connectivity index (χ3n) is 2.64. The van der Waals surface area contributed by atoms with Crippen molar-refractivity contribution in [2.45, 2.75) is 6.92 Å². The van der Waals surface area contributed by atoms with Crippen LogP contribution < -0.4 is 10.6 Å². The van der Waals surface area contributed by atoms with Gasteiger partial charge in [-0.3, -0.25) is 4.79 Å². The molecule has 0 aliphatic heterocycles. The molecule has 0 saturated carbocycles. The highest BCUT2D eigenvalue weighted by Crippen LogP contribution is 2.11. The number of hydrogen-bond donors (Lipinski definition) is 3. The molecule has 0 fully saturated rings. The fourth-order valence-electron chi connectivity index (χ4n) is 1.70. The summed E-state index contributed by atoms with van der Waals surface area (Å²) in [5.41, 5.74) is 2.16. The zero-order valence-electron chi connectivity index (χ0n) is 11.1. The summed E-state index contributed by atoms with van der Waals surface area (Å²) in [7, 11) is 0. The number of alkyl carbamates (subject to hydrolysis) is 1. The van der Waals surface area contributed by atoms with Crippen molar-refractivity contribution in [3.63, 3.8) is 0 Å². The van der Waals surface area contributed by atoms with Gasteiger partial charge in [0, 0.05) is 18.7 Å². The number of nitrogens with one attached hydrogen (secondary N) is 3. The van der Waals surface area contributed by atoms with Crippen LogP contribution in [0.25, 0.3) is 11.0 Å². The molecular formula is C13H16N4O3. The van der Waals surface area contributed by atoms with Gasteiger partial charge >= 0.3 is 6.09 Å². The van der Waals surface area contributed by atoms with Crippen molar-refractivity contribution in [3.8, 4) is 0 Å². The Morgan fingerprint density at radius 2 is 2.10 bits per heavy atom. The second kappa shape index (κ2) is 6.55. The standard InChI is InChI=1S/C13H16N4O3/c1-2-20-13(19)15-6-5-14-12(18)9-3-4-10-11(7-9)17-8-16-10/h3-4,7-8H,2,5-6H2,1H3,(H,14,18)(H,15,19)(H,16,17). The Kier molecular flexibility index (Phi) is 4.54. The summed E-state index contributed by atoms with van der Waals surface area (Å²) < 4.78 is 4.70. The van der Waals surface area contributed by atoms with Crippen LogP contribution in [0.3, 0.4) is 0 Å². The molecule has 20 heavy (non-hydrogen) atoms. The number of nitrogens with zero attached hydrogens (tertiary/aromatic N) is 1. The first-order chi connectivity index (χ1) is 9.70. The molecule has 0 unspecified atom stereocenters. The zero-order chi connectivity index (χ0) is 14.4. The highest BCUT2D eigenvalue weighted by Gasteiger charge is 2.07. The normalized spacial score (nSPS) is 10.2. The topological polar surface area (TPSA) is 96.1 Å². The van der Waals surface area contributed by atoms with Gasteiger partial charge in [-0.1, -0.05) is 0 Å². The number of H-pyrrole nitrogens is 1. The lowest BCUT2D eigenvalue weighted by Crippen LogP contribution is -2.34. The molecule has 3 N–H and O–H groups in total. The molecule has 1 aromatic carbocycles. The fourth-order valence-corrected chi connectivity index (χ4v) is 1.70. The Labute approximate surface area is 115 Å². The second-order valence-corrected chi connectivity index (χ2v) is 4.04. The number of aromatic amines is 1. The minimum Gasteiger partial charge on any atom is -0.450 e. The second-order valence-electron chi connectivity index (χ2n) is 4.04. The van der Waals surface area contributed by atoms with Crippen molar-refractivity contribution < 1.29 is 14.3 Å². The highest BCUT2D eigenvalue weighted by molar-refractivity contribution is 5.97. The van der Waals surface area contributed by atoms with Gasteiger partial charge < -0.3 is 20.4 Å². The van der Waals surface area contributed by atoms with Gasteiger partial charge in [-0.25, -0.2) is 9.78 Å². The van der Waals surface area contributed by atoms with E-state index in [1.165, 1.54) is 0 Å². The van der Waals surface area contributed by atoms with E-state index >= 15 is 0 Å². The average molecular weight is 276 g/mol. The summed E-state index contributed by atoms with van der Waals surface area (Å²) in [5.74, 6) is -0.202. The number of benzene rings is 1. The fraction of sp³-hybridized carbons (Fsp3) is 0.308. The first-order valence-electron chi connectivity index (χ1n) is 6.32. The molecule has 2 rings (SSSR count). The Morgan fingerprint density at radius 3 is 2.90 bits per heavy atom. The molecule has 106 valence electrons. The molecular weight excluding hydrogens is 260 g/mol. The summed E-state index contributed by atoms with van der Waals surface area (Å²) in [6.07, 6.45) is 1.09. The maximum atomic E-state index is 11.9. The third-order valence-corrected chi connectivity index (χ3v) is 2.64. The number of rotatable bonds is 5. The van der Waals surface area contributed by atoms with E-state index in [0.717, 1.165) is 11.0 Å². The van der Waals surface area contributed by atoms with Crippen LogP contribution in [0.1, 0.15) is 17.3 Å². The van der Waals surface area contributed by atoms with Gasteiger partial charge in [-0.05, 0) is 25.1 Å². The van der Waals surface area contributed by atoms with Crippen molar-refractivity contribution in [2.24, 2.45) is 0 Å². The lowest BCUT2D eigenvalue weighted by atomic mass is 10.2. The van der Waals surface area contributed by atoms with E-state index in [0.29, 0.717) is 25.3 Å². The van der Waals surface area contributed by atoms with E-state index in [1.54, 1.807) is 31.5 Å². The van der Waals surface area contributed by atoms with Crippen LogP contribution >= 0.6 is 0 Å². The third kappa shape index (κ3) is 3.47. The first-order valence-corrected chi connectivity index (χ1v) is 6.32. The van der Waals surface area contributed by atoms with E-state index in [4.69, 9.17) is 4.74 Å². The van der Waals surface area contributed by atoms with Crippen molar-refractivity contribution in [3.05, 3.63) is 30.1 Å². The lowest BCUT2D eigenvalue weighted by molar-refractivity contribution is 0.0952. The number of fused-ring (bicyclic) bond motifs is 1. The van der Waals surface area contributed by atoms with Gasteiger partial charge in [0.05, 0.1) is 24.0 Å². The molecule has 7 nitrogen and oxygen atoms in total. The maximum Gasteiger partial charge on any atom is 0.407 e. The molecule has 0 aliphatic rings. The van der Waals surface area contributed by atoms with Gasteiger partial charge in [-0.2, -0.15) is 0 Å². The predicted octanol–water partition coefficient (Wildman–Crippen LogP) is 1.04. The first kappa shape index (κ1) is 13.9. The minimum atomic E-state index is -0.486. The minimum absolute atomic E-state index is 0.202. The van der Waals surface area contributed by atoms with Gasteiger partial charge in [0.1, 0.15) is 0 Å². The van der Waals surface area contributed by atoms with E-state index < -0.39 is 6.09 Å². The summed E-state index contributed by atoms with van der Waals surface area (Å²) in [6.45, 7) is 2.70. The number of ether oxygens (including phenoxy) is 1. The largest absolute Gasteiger partial charge is 0.450 e. The van der Waals surface area contributed by atoms with Crippen molar-refractivity contribution in [2.75, 3.05) is 19.7 Å². The van der Waals surface area contributed by atoms with E-state index in [1.807, 2.05) is 0 Å². The molecule has 0 aliphatic carbocycles. The SMILES string of the molecule is CCOC(=O)NCCNC(=O)c1ccc2nc[nH]c2c1. The van der Waals surface area contributed by atoms with E-state index in [9.17, 15) is 9.59 Å². The number of carbonyl (C=O) groups is 2.